The van der Waals surface area contributed by atoms with E-state index in [0.717, 1.165) is 31.3 Å². The molecule has 1 aromatic rings. The highest BCUT2D eigenvalue weighted by Gasteiger charge is 2.26. The predicted molar refractivity (Wildman–Crippen MR) is 77.1 cm³/mol. The average Bonchev–Trinajstić information content (AvgIpc) is 3.01. The molecule has 0 radical (unpaired) electrons. The molecule has 0 spiro atoms. The highest BCUT2D eigenvalue weighted by Crippen LogP contribution is 2.23. The van der Waals surface area contributed by atoms with Gasteiger partial charge in [0.05, 0.1) is 18.8 Å². The molecule has 1 aromatic heterocycles. The molecule has 2 saturated heterocycles. The fourth-order valence-electron chi connectivity index (χ4n) is 2.96. The maximum Gasteiger partial charge on any atom is 0.134 e. The highest BCUT2D eigenvalue weighted by atomic mass is 16.5. The third-order valence-corrected chi connectivity index (χ3v) is 3.92. The number of aromatic nitrogens is 2. The summed E-state index contributed by atoms with van der Waals surface area (Å²) in [6, 6.07) is 2.05. The van der Waals surface area contributed by atoms with Gasteiger partial charge < -0.3 is 19.6 Å². The SMILES string of the molecule is C[C@@H]1CN(c2cc(N3CCCC3)ncn2)C[C@@H](CO)O1. The smallest absolute Gasteiger partial charge is 0.134 e. The van der Waals surface area contributed by atoms with Crippen LogP contribution in [0.4, 0.5) is 11.6 Å². The fourth-order valence-corrected chi connectivity index (χ4v) is 2.96. The van der Waals surface area contributed by atoms with Crippen molar-refractivity contribution in [2.45, 2.75) is 32.0 Å². The zero-order chi connectivity index (χ0) is 13.9. The number of ether oxygens (including phenoxy) is 1. The van der Waals surface area contributed by atoms with Crippen LogP contribution in [0.1, 0.15) is 19.8 Å². The van der Waals surface area contributed by atoms with E-state index in [0.29, 0.717) is 6.54 Å². The molecule has 2 aliphatic rings. The van der Waals surface area contributed by atoms with Gasteiger partial charge in [-0.3, -0.25) is 0 Å². The second kappa shape index (κ2) is 5.93. The lowest BCUT2D eigenvalue weighted by Gasteiger charge is -2.37. The molecule has 6 nitrogen and oxygen atoms in total. The van der Waals surface area contributed by atoms with Gasteiger partial charge in [-0.2, -0.15) is 0 Å². The molecule has 0 aromatic carbocycles. The Labute approximate surface area is 119 Å². The molecule has 0 saturated carbocycles. The van der Waals surface area contributed by atoms with Crippen LogP contribution < -0.4 is 9.80 Å². The van der Waals surface area contributed by atoms with Crippen LogP contribution in [0.3, 0.4) is 0 Å². The molecule has 2 atom stereocenters. The summed E-state index contributed by atoms with van der Waals surface area (Å²) in [7, 11) is 0. The quantitative estimate of drug-likeness (QED) is 0.876. The Morgan fingerprint density at radius 2 is 1.90 bits per heavy atom. The van der Waals surface area contributed by atoms with Gasteiger partial charge in [0.15, 0.2) is 0 Å². The van der Waals surface area contributed by atoms with E-state index in [-0.39, 0.29) is 18.8 Å². The Kier molecular flexibility index (Phi) is 4.03. The van der Waals surface area contributed by atoms with Crippen LogP contribution in [0.25, 0.3) is 0 Å². The first kappa shape index (κ1) is 13.6. The summed E-state index contributed by atoms with van der Waals surface area (Å²) in [6.07, 6.45) is 4.08. The number of anilines is 2. The second-order valence-electron chi connectivity index (χ2n) is 5.58. The highest BCUT2D eigenvalue weighted by molar-refractivity contribution is 5.51. The van der Waals surface area contributed by atoms with Crippen molar-refractivity contribution in [1.29, 1.82) is 0 Å². The first-order valence-corrected chi connectivity index (χ1v) is 7.34. The minimum Gasteiger partial charge on any atom is -0.394 e. The first-order chi connectivity index (χ1) is 9.76. The van der Waals surface area contributed by atoms with Gasteiger partial charge in [0.1, 0.15) is 18.0 Å². The van der Waals surface area contributed by atoms with Crippen LogP contribution in [0.15, 0.2) is 12.4 Å². The molecule has 6 heteroatoms. The number of aliphatic hydroxyl groups excluding tert-OH is 1. The van der Waals surface area contributed by atoms with E-state index in [1.54, 1.807) is 6.33 Å². The Hall–Kier alpha value is -1.40. The van der Waals surface area contributed by atoms with E-state index in [4.69, 9.17) is 4.74 Å². The zero-order valence-corrected chi connectivity index (χ0v) is 11.9. The maximum absolute atomic E-state index is 9.31. The fraction of sp³-hybridized carbons (Fsp3) is 0.714. The molecular formula is C14H22N4O2. The molecule has 1 N–H and O–H groups in total. The Bertz CT molecular complexity index is 451. The molecule has 0 bridgehead atoms. The van der Waals surface area contributed by atoms with Crippen molar-refractivity contribution < 1.29 is 9.84 Å². The lowest BCUT2D eigenvalue weighted by Crippen LogP contribution is -2.48. The van der Waals surface area contributed by atoms with Crippen LogP contribution >= 0.6 is 0 Å². The van der Waals surface area contributed by atoms with Crippen LogP contribution in [0.5, 0.6) is 0 Å². The number of aliphatic hydroxyl groups is 1. The number of morpholine rings is 1. The van der Waals surface area contributed by atoms with Gasteiger partial charge in [0, 0.05) is 32.2 Å². The molecule has 3 heterocycles. The van der Waals surface area contributed by atoms with E-state index in [1.165, 1.54) is 12.8 Å². The van der Waals surface area contributed by atoms with Crippen molar-refractivity contribution in [3.63, 3.8) is 0 Å². The zero-order valence-electron chi connectivity index (χ0n) is 11.9. The van der Waals surface area contributed by atoms with Gasteiger partial charge >= 0.3 is 0 Å². The normalized spacial score (nSPS) is 27.1. The number of hydrogen-bond donors (Lipinski definition) is 1. The van der Waals surface area contributed by atoms with E-state index >= 15 is 0 Å². The van der Waals surface area contributed by atoms with E-state index in [9.17, 15) is 5.11 Å². The van der Waals surface area contributed by atoms with Crippen molar-refractivity contribution in [3.8, 4) is 0 Å². The lowest BCUT2D eigenvalue weighted by molar-refractivity contribution is -0.0423. The summed E-state index contributed by atoms with van der Waals surface area (Å²) in [4.78, 5) is 13.3. The monoisotopic (exact) mass is 278 g/mol. The van der Waals surface area contributed by atoms with Crippen molar-refractivity contribution >= 4 is 11.6 Å². The number of rotatable bonds is 3. The molecule has 0 amide bonds. The Morgan fingerprint density at radius 1 is 1.20 bits per heavy atom. The van der Waals surface area contributed by atoms with Crippen LogP contribution in [0, 0.1) is 0 Å². The third-order valence-electron chi connectivity index (χ3n) is 3.92. The molecular weight excluding hydrogens is 256 g/mol. The van der Waals surface area contributed by atoms with Gasteiger partial charge in [-0.25, -0.2) is 9.97 Å². The van der Waals surface area contributed by atoms with Crippen molar-refractivity contribution in [3.05, 3.63) is 12.4 Å². The number of hydrogen-bond acceptors (Lipinski definition) is 6. The third kappa shape index (κ3) is 2.86. The minimum absolute atomic E-state index is 0.0465. The average molecular weight is 278 g/mol. The summed E-state index contributed by atoms with van der Waals surface area (Å²) in [5.74, 6) is 1.93. The van der Waals surface area contributed by atoms with Gasteiger partial charge in [-0.05, 0) is 19.8 Å². The van der Waals surface area contributed by atoms with Crippen LogP contribution in [-0.4, -0.2) is 60.1 Å². The Morgan fingerprint density at radius 3 is 2.60 bits per heavy atom. The summed E-state index contributed by atoms with van der Waals surface area (Å²) in [5, 5.41) is 9.31. The standard InChI is InChI=1S/C14H22N4O2/c1-11-7-18(8-12(9-19)20-11)14-6-13(15-10-16-14)17-4-2-3-5-17/h6,10-12,19H,2-5,7-9H2,1H3/t11-,12+/m1/s1. The largest absolute Gasteiger partial charge is 0.394 e. The van der Waals surface area contributed by atoms with Crippen LogP contribution in [0.2, 0.25) is 0 Å². The maximum atomic E-state index is 9.31. The molecule has 2 fully saturated rings. The predicted octanol–water partition coefficient (Wildman–Crippen LogP) is 0.663. The number of nitrogens with zero attached hydrogens (tertiary/aromatic N) is 4. The summed E-state index contributed by atoms with van der Waals surface area (Å²) < 4.78 is 5.67. The van der Waals surface area contributed by atoms with E-state index in [1.807, 2.05) is 6.92 Å². The molecule has 2 aliphatic heterocycles. The molecule has 0 aliphatic carbocycles. The van der Waals surface area contributed by atoms with Crippen molar-refractivity contribution in [1.82, 2.24) is 9.97 Å². The summed E-state index contributed by atoms with van der Waals surface area (Å²) in [5.41, 5.74) is 0. The topological polar surface area (TPSA) is 61.7 Å². The van der Waals surface area contributed by atoms with Gasteiger partial charge in [-0.1, -0.05) is 0 Å². The van der Waals surface area contributed by atoms with Gasteiger partial charge in [0.25, 0.3) is 0 Å². The molecule has 20 heavy (non-hydrogen) atoms. The van der Waals surface area contributed by atoms with E-state index < -0.39 is 0 Å². The van der Waals surface area contributed by atoms with Crippen molar-refractivity contribution in [2.24, 2.45) is 0 Å². The van der Waals surface area contributed by atoms with Gasteiger partial charge in [0.2, 0.25) is 0 Å². The second-order valence-corrected chi connectivity index (χ2v) is 5.58. The minimum atomic E-state index is -0.135. The van der Waals surface area contributed by atoms with E-state index in [2.05, 4.69) is 25.8 Å². The molecule has 0 unspecified atom stereocenters. The summed E-state index contributed by atoms with van der Waals surface area (Å²) >= 11 is 0. The summed E-state index contributed by atoms with van der Waals surface area (Å²) in [6.45, 7) is 5.71. The van der Waals surface area contributed by atoms with Crippen LogP contribution in [-0.2, 0) is 4.74 Å². The van der Waals surface area contributed by atoms with Crippen molar-refractivity contribution in [2.75, 3.05) is 42.6 Å². The molecule has 110 valence electrons. The van der Waals surface area contributed by atoms with Gasteiger partial charge in [-0.15, -0.1) is 0 Å². The first-order valence-electron chi connectivity index (χ1n) is 7.34. The molecule has 3 rings (SSSR count). The Balaban J connectivity index is 1.77. The lowest BCUT2D eigenvalue weighted by atomic mass is 10.2.